The Morgan fingerprint density at radius 2 is 2.00 bits per heavy atom. The number of imidazole rings is 1. The summed E-state index contributed by atoms with van der Waals surface area (Å²) >= 11 is 0. The molecule has 29 heavy (non-hydrogen) atoms. The first-order valence-corrected chi connectivity index (χ1v) is 9.94. The Balaban J connectivity index is 1.42. The van der Waals surface area contributed by atoms with Gasteiger partial charge in [-0.25, -0.2) is 9.78 Å². The molecule has 152 valence electrons. The van der Waals surface area contributed by atoms with Crippen LogP contribution in [0.5, 0.6) is 5.75 Å². The van der Waals surface area contributed by atoms with Crippen LogP contribution in [0.3, 0.4) is 0 Å². The predicted octanol–water partition coefficient (Wildman–Crippen LogP) is 3.67. The monoisotopic (exact) mass is 394 g/mol. The number of aromatic nitrogens is 2. The van der Waals surface area contributed by atoms with E-state index in [0.717, 1.165) is 55.2 Å². The topological polar surface area (TPSA) is 68.6 Å². The van der Waals surface area contributed by atoms with Crippen molar-refractivity contribution in [1.29, 1.82) is 0 Å². The summed E-state index contributed by atoms with van der Waals surface area (Å²) in [5.74, 6) is 1.95. The molecule has 1 N–H and O–H groups in total. The van der Waals surface area contributed by atoms with Gasteiger partial charge in [0.2, 0.25) is 0 Å². The van der Waals surface area contributed by atoms with Crippen LogP contribution in [0.2, 0.25) is 0 Å². The Morgan fingerprint density at radius 1 is 1.17 bits per heavy atom. The number of hydrogen-bond acceptors (Lipinski definition) is 5. The van der Waals surface area contributed by atoms with E-state index in [1.165, 1.54) is 5.56 Å². The molecule has 7 heteroatoms. The molecule has 1 aromatic heterocycles. The number of amides is 1. The normalized spacial score (nSPS) is 13.9. The molecule has 0 aliphatic carbocycles. The minimum Gasteiger partial charge on any atom is -0.497 e. The summed E-state index contributed by atoms with van der Waals surface area (Å²) < 4.78 is 12.4. The van der Waals surface area contributed by atoms with Gasteiger partial charge in [-0.15, -0.1) is 0 Å². The number of carbonyl (C=O) groups is 1. The molecule has 0 saturated heterocycles. The van der Waals surface area contributed by atoms with Crippen molar-refractivity contribution in [2.24, 2.45) is 0 Å². The van der Waals surface area contributed by atoms with Crippen molar-refractivity contribution in [3.63, 3.8) is 0 Å². The molecule has 0 unspecified atom stereocenters. The maximum Gasteiger partial charge on any atom is 0.411 e. The molecular weight excluding hydrogens is 368 g/mol. The number of anilines is 1. The number of nitrogens with one attached hydrogen (secondary N) is 1. The standard InChI is InChI=1S/C22H26N4O3/c1-3-29-22(27)23-17-6-9-20-19(14-17)24-21-15-25(12-13-26(20)21)11-10-16-4-7-18(28-2)8-5-16/h4-9,14H,3,10-13,15H2,1-2H3,(H,23,27). The molecule has 2 heterocycles. The lowest BCUT2D eigenvalue weighted by molar-refractivity contribution is 0.168. The molecule has 1 aliphatic rings. The molecule has 2 aromatic carbocycles. The average Bonchev–Trinajstić information content (AvgIpc) is 3.09. The van der Waals surface area contributed by atoms with Crippen molar-refractivity contribution in [2.75, 3.05) is 32.1 Å². The summed E-state index contributed by atoms with van der Waals surface area (Å²) in [6.45, 7) is 5.86. The molecular formula is C22H26N4O3. The number of ether oxygens (including phenoxy) is 2. The first-order valence-electron chi connectivity index (χ1n) is 9.94. The molecule has 0 bridgehead atoms. The number of methoxy groups -OCH3 is 1. The fraction of sp³-hybridized carbons (Fsp3) is 0.364. The van der Waals surface area contributed by atoms with Gasteiger partial charge in [-0.3, -0.25) is 10.2 Å². The lowest BCUT2D eigenvalue weighted by Gasteiger charge is -2.27. The Labute approximate surface area is 170 Å². The van der Waals surface area contributed by atoms with Gasteiger partial charge in [0.1, 0.15) is 11.6 Å². The predicted molar refractivity (Wildman–Crippen MR) is 112 cm³/mol. The van der Waals surface area contributed by atoms with Crippen LogP contribution in [0, 0.1) is 0 Å². The van der Waals surface area contributed by atoms with Crippen LogP contribution in [0.1, 0.15) is 18.3 Å². The Kier molecular flexibility index (Phi) is 5.67. The van der Waals surface area contributed by atoms with E-state index in [1.807, 2.05) is 30.3 Å². The average molecular weight is 394 g/mol. The summed E-state index contributed by atoms with van der Waals surface area (Å²) in [6, 6.07) is 14.1. The minimum absolute atomic E-state index is 0.346. The molecule has 4 rings (SSSR count). The van der Waals surface area contributed by atoms with Gasteiger partial charge in [0.15, 0.2) is 0 Å². The molecule has 0 radical (unpaired) electrons. The number of fused-ring (bicyclic) bond motifs is 3. The quantitative estimate of drug-likeness (QED) is 0.691. The maximum absolute atomic E-state index is 11.6. The van der Waals surface area contributed by atoms with Gasteiger partial charge in [0.25, 0.3) is 0 Å². The van der Waals surface area contributed by atoms with Gasteiger partial charge in [0.05, 0.1) is 31.3 Å². The minimum atomic E-state index is -0.444. The zero-order chi connectivity index (χ0) is 20.2. The Morgan fingerprint density at radius 3 is 2.76 bits per heavy atom. The first kappa shape index (κ1) is 19.3. The third kappa shape index (κ3) is 4.35. The smallest absolute Gasteiger partial charge is 0.411 e. The summed E-state index contributed by atoms with van der Waals surface area (Å²) in [5.41, 5.74) is 4.00. The molecule has 1 amide bonds. The third-order valence-electron chi connectivity index (χ3n) is 5.23. The highest BCUT2D eigenvalue weighted by Gasteiger charge is 2.20. The van der Waals surface area contributed by atoms with E-state index in [9.17, 15) is 4.79 Å². The van der Waals surface area contributed by atoms with Gasteiger partial charge < -0.3 is 14.0 Å². The van der Waals surface area contributed by atoms with Gasteiger partial charge in [-0.1, -0.05) is 12.1 Å². The number of carbonyl (C=O) groups excluding carboxylic acids is 1. The molecule has 7 nitrogen and oxygen atoms in total. The van der Waals surface area contributed by atoms with E-state index in [-0.39, 0.29) is 0 Å². The summed E-state index contributed by atoms with van der Waals surface area (Å²) in [4.78, 5) is 18.9. The van der Waals surface area contributed by atoms with Gasteiger partial charge >= 0.3 is 6.09 Å². The lowest BCUT2D eigenvalue weighted by Crippen LogP contribution is -2.35. The fourth-order valence-electron chi connectivity index (χ4n) is 3.70. The molecule has 0 fully saturated rings. The number of rotatable bonds is 6. The third-order valence-corrected chi connectivity index (χ3v) is 5.23. The van der Waals surface area contributed by atoms with Gasteiger partial charge in [-0.2, -0.15) is 0 Å². The van der Waals surface area contributed by atoms with Crippen LogP contribution in [0.15, 0.2) is 42.5 Å². The van der Waals surface area contributed by atoms with Crippen molar-refractivity contribution >= 4 is 22.8 Å². The van der Waals surface area contributed by atoms with Crippen LogP contribution in [0.4, 0.5) is 10.5 Å². The molecule has 3 aromatic rings. The first-order chi connectivity index (χ1) is 14.2. The largest absolute Gasteiger partial charge is 0.497 e. The van der Waals surface area contributed by atoms with Crippen molar-refractivity contribution in [2.45, 2.75) is 26.4 Å². The van der Waals surface area contributed by atoms with Crippen molar-refractivity contribution in [3.05, 3.63) is 53.9 Å². The zero-order valence-corrected chi connectivity index (χ0v) is 16.9. The van der Waals surface area contributed by atoms with Crippen LogP contribution in [0.25, 0.3) is 11.0 Å². The molecule has 0 atom stereocenters. The number of benzene rings is 2. The SMILES string of the molecule is CCOC(=O)Nc1ccc2c(c1)nc1n2CCN(CCc2ccc(OC)cc2)C1. The number of hydrogen-bond donors (Lipinski definition) is 1. The Bertz CT molecular complexity index is 997. The second kappa shape index (κ2) is 8.53. The second-order valence-electron chi connectivity index (χ2n) is 7.10. The summed E-state index contributed by atoms with van der Waals surface area (Å²) in [7, 11) is 1.69. The summed E-state index contributed by atoms with van der Waals surface area (Å²) in [5, 5.41) is 2.74. The van der Waals surface area contributed by atoms with E-state index in [2.05, 4.69) is 26.9 Å². The van der Waals surface area contributed by atoms with E-state index < -0.39 is 6.09 Å². The highest BCUT2D eigenvalue weighted by atomic mass is 16.5. The second-order valence-corrected chi connectivity index (χ2v) is 7.10. The highest BCUT2D eigenvalue weighted by molar-refractivity contribution is 5.89. The maximum atomic E-state index is 11.6. The summed E-state index contributed by atoms with van der Waals surface area (Å²) in [6.07, 6.45) is 0.554. The van der Waals surface area contributed by atoms with Crippen molar-refractivity contribution in [3.8, 4) is 5.75 Å². The van der Waals surface area contributed by atoms with E-state index >= 15 is 0 Å². The molecule has 1 aliphatic heterocycles. The van der Waals surface area contributed by atoms with E-state index in [4.69, 9.17) is 14.5 Å². The van der Waals surface area contributed by atoms with Crippen molar-refractivity contribution in [1.82, 2.24) is 14.5 Å². The van der Waals surface area contributed by atoms with E-state index in [1.54, 1.807) is 14.0 Å². The van der Waals surface area contributed by atoms with Crippen LogP contribution in [-0.2, 0) is 24.2 Å². The molecule has 0 saturated carbocycles. The van der Waals surface area contributed by atoms with Gasteiger partial charge in [0, 0.05) is 25.3 Å². The highest BCUT2D eigenvalue weighted by Crippen LogP contribution is 2.24. The zero-order valence-electron chi connectivity index (χ0n) is 16.9. The van der Waals surface area contributed by atoms with E-state index in [0.29, 0.717) is 12.3 Å². The van der Waals surface area contributed by atoms with Gasteiger partial charge in [-0.05, 0) is 49.2 Å². The lowest BCUT2D eigenvalue weighted by atomic mass is 10.1. The van der Waals surface area contributed by atoms with Crippen molar-refractivity contribution < 1.29 is 14.3 Å². The molecule has 0 spiro atoms. The fourth-order valence-corrected chi connectivity index (χ4v) is 3.70. The van der Waals surface area contributed by atoms with Crippen LogP contribution in [-0.4, -0.2) is 47.4 Å². The number of nitrogens with zero attached hydrogens (tertiary/aromatic N) is 3. The van der Waals surface area contributed by atoms with Crippen LogP contribution < -0.4 is 10.1 Å². The Hall–Kier alpha value is -3.06. The van der Waals surface area contributed by atoms with Crippen LogP contribution >= 0.6 is 0 Å².